The van der Waals surface area contributed by atoms with Crippen molar-refractivity contribution >= 4 is 22.6 Å². The molecule has 2 rings (SSSR count). The quantitative estimate of drug-likeness (QED) is 0.622. The summed E-state index contributed by atoms with van der Waals surface area (Å²) in [5.74, 6) is -0.500. The number of hydrogen-bond donors (Lipinski definition) is 1. The smallest absolute Gasteiger partial charge is 0.163 e. The summed E-state index contributed by atoms with van der Waals surface area (Å²) in [5, 5.41) is 8.74. The van der Waals surface area contributed by atoms with Crippen molar-refractivity contribution in [1.82, 2.24) is 0 Å². The van der Waals surface area contributed by atoms with Crippen molar-refractivity contribution in [2.24, 2.45) is 0 Å². The van der Waals surface area contributed by atoms with E-state index in [4.69, 9.17) is 19.3 Å². The van der Waals surface area contributed by atoms with Crippen LogP contribution >= 0.6 is 22.6 Å². The highest BCUT2D eigenvalue weighted by Crippen LogP contribution is 2.42. The average molecular weight is 328 g/mol. The third kappa shape index (κ3) is 2.46. The lowest BCUT2D eigenvalue weighted by Crippen LogP contribution is -2.31. The normalized spacial score (nSPS) is 43.2. The summed E-state index contributed by atoms with van der Waals surface area (Å²) in [4.78, 5) is 0. The monoisotopic (exact) mass is 328 g/mol. The second kappa shape index (κ2) is 4.44. The van der Waals surface area contributed by atoms with Crippen LogP contribution in [0.2, 0.25) is 0 Å². The summed E-state index contributed by atoms with van der Waals surface area (Å²) in [7, 11) is 0. The molecule has 0 bridgehead atoms. The molecule has 1 aliphatic carbocycles. The first-order valence-electron chi connectivity index (χ1n) is 5.25. The second-order valence-corrected chi connectivity index (χ2v) is 6.05. The molecule has 5 heteroatoms. The molecule has 4 atom stereocenters. The molecule has 2 unspecified atom stereocenters. The Bertz CT molecular complexity index is 233. The van der Waals surface area contributed by atoms with Gasteiger partial charge in [-0.1, -0.05) is 22.6 Å². The van der Waals surface area contributed by atoms with Crippen molar-refractivity contribution in [2.45, 2.75) is 48.3 Å². The lowest BCUT2D eigenvalue weighted by Gasteiger charge is -2.22. The average Bonchev–Trinajstić information content (AvgIpc) is 2.60. The Labute approximate surface area is 103 Å². The molecule has 88 valence electrons. The molecule has 1 heterocycles. The number of ether oxygens (including phenoxy) is 3. The van der Waals surface area contributed by atoms with Crippen molar-refractivity contribution in [1.29, 1.82) is 0 Å². The van der Waals surface area contributed by atoms with Crippen LogP contribution in [0.1, 0.15) is 20.3 Å². The summed E-state index contributed by atoms with van der Waals surface area (Å²) in [6, 6.07) is 0. The van der Waals surface area contributed by atoms with Gasteiger partial charge >= 0.3 is 0 Å². The molecule has 0 aromatic heterocycles. The molecule has 0 radical (unpaired) electrons. The van der Waals surface area contributed by atoms with Crippen LogP contribution in [-0.4, -0.2) is 46.3 Å². The maximum absolute atomic E-state index is 8.74. The largest absolute Gasteiger partial charge is 0.394 e. The fraction of sp³-hybridized carbons (Fsp3) is 1.00. The summed E-state index contributed by atoms with van der Waals surface area (Å²) < 4.78 is 17.6. The van der Waals surface area contributed by atoms with Gasteiger partial charge in [0, 0.05) is 3.92 Å². The maximum Gasteiger partial charge on any atom is 0.163 e. The summed E-state index contributed by atoms with van der Waals surface area (Å²) >= 11 is 2.39. The van der Waals surface area contributed by atoms with E-state index < -0.39 is 5.79 Å². The van der Waals surface area contributed by atoms with Crippen LogP contribution in [0.15, 0.2) is 0 Å². The second-order valence-electron chi connectivity index (χ2n) is 4.45. The Morgan fingerprint density at radius 3 is 2.73 bits per heavy atom. The zero-order chi connectivity index (χ0) is 11.1. The minimum atomic E-state index is -0.500. The predicted molar refractivity (Wildman–Crippen MR) is 63.1 cm³/mol. The fourth-order valence-corrected chi connectivity index (χ4v) is 3.30. The summed E-state index contributed by atoms with van der Waals surface area (Å²) in [6.07, 6.45) is 1.15. The van der Waals surface area contributed by atoms with Gasteiger partial charge in [0.15, 0.2) is 5.79 Å². The van der Waals surface area contributed by atoms with E-state index in [9.17, 15) is 0 Å². The Morgan fingerprint density at radius 1 is 1.40 bits per heavy atom. The number of aliphatic hydroxyl groups is 1. The first-order chi connectivity index (χ1) is 7.03. The van der Waals surface area contributed by atoms with Gasteiger partial charge in [0.1, 0.15) is 12.2 Å². The molecule has 1 N–H and O–H groups in total. The minimum Gasteiger partial charge on any atom is -0.394 e. The van der Waals surface area contributed by atoms with Crippen LogP contribution in [0.25, 0.3) is 0 Å². The highest BCUT2D eigenvalue weighted by atomic mass is 127. The zero-order valence-corrected chi connectivity index (χ0v) is 11.1. The van der Waals surface area contributed by atoms with E-state index in [-0.39, 0.29) is 24.9 Å². The highest BCUT2D eigenvalue weighted by Gasteiger charge is 2.53. The van der Waals surface area contributed by atoms with Gasteiger partial charge in [-0.3, -0.25) is 0 Å². The van der Waals surface area contributed by atoms with Gasteiger partial charge in [-0.05, 0) is 20.3 Å². The minimum absolute atomic E-state index is 0.0217. The van der Waals surface area contributed by atoms with Gasteiger partial charge in [-0.2, -0.15) is 0 Å². The molecule has 1 saturated carbocycles. The summed E-state index contributed by atoms with van der Waals surface area (Å²) in [6.45, 7) is 4.29. The molecule has 0 spiro atoms. The van der Waals surface area contributed by atoms with E-state index in [2.05, 4.69) is 22.6 Å². The highest BCUT2D eigenvalue weighted by molar-refractivity contribution is 14.1. The van der Waals surface area contributed by atoms with Crippen molar-refractivity contribution in [3.05, 3.63) is 0 Å². The Morgan fingerprint density at radius 2 is 2.07 bits per heavy atom. The molecule has 2 aliphatic rings. The van der Waals surface area contributed by atoms with Gasteiger partial charge in [0.05, 0.1) is 19.3 Å². The molecule has 0 amide bonds. The van der Waals surface area contributed by atoms with Gasteiger partial charge < -0.3 is 19.3 Å². The molecular weight excluding hydrogens is 311 g/mol. The molecule has 15 heavy (non-hydrogen) atoms. The van der Waals surface area contributed by atoms with Gasteiger partial charge in [0.25, 0.3) is 0 Å². The lowest BCUT2D eigenvalue weighted by molar-refractivity contribution is -0.165. The third-order valence-electron chi connectivity index (χ3n) is 2.77. The molecule has 4 nitrogen and oxygen atoms in total. The van der Waals surface area contributed by atoms with Gasteiger partial charge in [-0.25, -0.2) is 0 Å². The maximum atomic E-state index is 8.74. The standard InChI is InChI=1S/C10H17IO4/c1-10(2)14-8-6(11)5-7(9(8)15-10)13-4-3-12/h6-9,12H,3-5H2,1-2H3/t6-,7+,8?,9?/m0/s1. The number of rotatable bonds is 3. The van der Waals surface area contributed by atoms with Crippen LogP contribution in [0, 0.1) is 0 Å². The van der Waals surface area contributed by atoms with E-state index in [0.29, 0.717) is 10.5 Å². The molecule has 0 aromatic carbocycles. The van der Waals surface area contributed by atoms with Crippen molar-refractivity contribution in [3.63, 3.8) is 0 Å². The van der Waals surface area contributed by atoms with Crippen LogP contribution in [0.4, 0.5) is 0 Å². The van der Waals surface area contributed by atoms with Crippen molar-refractivity contribution < 1.29 is 19.3 Å². The van der Waals surface area contributed by atoms with E-state index in [1.54, 1.807) is 0 Å². The van der Waals surface area contributed by atoms with Crippen LogP contribution in [0.5, 0.6) is 0 Å². The molecule has 2 fully saturated rings. The first-order valence-corrected chi connectivity index (χ1v) is 6.50. The van der Waals surface area contributed by atoms with E-state index in [1.165, 1.54) is 0 Å². The zero-order valence-electron chi connectivity index (χ0n) is 8.98. The van der Waals surface area contributed by atoms with Gasteiger partial charge in [0.2, 0.25) is 0 Å². The number of halogens is 1. The number of alkyl halides is 1. The van der Waals surface area contributed by atoms with E-state index in [1.807, 2.05) is 13.8 Å². The Hall–Kier alpha value is 0.570. The summed E-state index contributed by atoms with van der Waals surface area (Å²) in [5.41, 5.74) is 0. The van der Waals surface area contributed by atoms with E-state index in [0.717, 1.165) is 6.42 Å². The SMILES string of the molecule is CC1(C)OC2C(O1)[C@H](OCCO)C[C@@H]2I. The molecule has 1 aliphatic heterocycles. The van der Waals surface area contributed by atoms with Crippen molar-refractivity contribution in [2.75, 3.05) is 13.2 Å². The predicted octanol–water partition coefficient (Wildman–Crippen LogP) is 1.09. The topological polar surface area (TPSA) is 47.9 Å². The lowest BCUT2D eigenvalue weighted by atomic mass is 10.2. The molecular formula is C10H17IO4. The van der Waals surface area contributed by atoms with E-state index >= 15 is 0 Å². The van der Waals surface area contributed by atoms with Crippen LogP contribution in [-0.2, 0) is 14.2 Å². The molecule has 0 aromatic rings. The van der Waals surface area contributed by atoms with Crippen molar-refractivity contribution in [3.8, 4) is 0 Å². The first kappa shape index (κ1) is 12.0. The Kier molecular flexibility index (Phi) is 3.57. The third-order valence-corrected chi connectivity index (χ3v) is 3.98. The number of aliphatic hydroxyl groups excluding tert-OH is 1. The molecule has 1 saturated heterocycles. The Balaban J connectivity index is 1.99. The number of hydrogen-bond acceptors (Lipinski definition) is 4. The fourth-order valence-electron chi connectivity index (χ4n) is 2.24. The van der Waals surface area contributed by atoms with Crippen LogP contribution in [0.3, 0.4) is 0 Å². The van der Waals surface area contributed by atoms with Crippen LogP contribution < -0.4 is 0 Å². The number of fused-ring (bicyclic) bond motifs is 1. The van der Waals surface area contributed by atoms with Gasteiger partial charge in [-0.15, -0.1) is 0 Å².